The van der Waals surface area contributed by atoms with Crippen molar-refractivity contribution in [2.45, 2.75) is 0 Å². The van der Waals surface area contributed by atoms with Gasteiger partial charge in [-0.2, -0.15) is 5.10 Å². The largest absolute Gasteiger partial charge is 0.376 e. The molecule has 2 aromatic heterocycles. The number of fused-ring (bicyclic) bond motifs is 11. The number of hydrogen-bond acceptors (Lipinski definition) is 4. The van der Waals surface area contributed by atoms with Crippen LogP contribution in [0, 0.1) is 0 Å². The summed E-state index contributed by atoms with van der Waals surface area (Å²) in [5.74, 6) is 0. The number of hydrogen-bond donors (Lipinski definition) is 0. The Kier molecular flexibility index (Phi) is 4.16. The van der Waals surface area contributed by atoms with Crippen molar-refractivity contribution >= 4 is 40.5 Å². The van der Waals surface area contributed by atoms with Crippen LogP contribution in [0.4, 0.5) is 11.4 Å². The monoisotopic (exact) mass is 478 g/mol. The van der Waals surface area contributed by atoms with Gasteiger partial charge in [-0.15, -0.1) is 11.3 Å². The molecule has 8 rings (SSSR count). The standard InChI is InChI=1S/C30H19BN4S/c1-3-8-26-22(6-1)24-12-10-20(30-32-15-17-36-30)18-28(24)35-29-19-21(34-16-5-14-33-34)11-13-25(29)23-7-2-4-9-27(23)31(26)35/h1-19H. The minimum Gasteiger partial charge on any atom is -0.376 e. The molecule has 168 valence electrons. The summed E-state index contributed by atoms with van der Waals surface area (Å²) < 4.78 is 1.93. The predicted octanol–water partition coefficient (Wildman–Crippen LogP) is 5.90. The third-order valence-electron chi connectivity index (χ3n) is 7.30. The second-order valence-electron chi connectivity index (χ2n) is 9.17. The van der Waals surface area contributed by atoms with Crippen molar-refractivity contribution < 1.29 is 0 Å². The van der Waals surface area contributed by atoms with Gasteiger partial charge in [0.2, 0.25) is 0 Å². The van der Waals surface area contributed by atoms with Crippen LogP contribution in [0.3, 0.4) is 0 Å². The SMILES string of the molecule is c1ccc2c(c1)B1c3ccccc3-c3ccc(-n4cccn4)cc3N1c1cc(-c3nccs3)ccc1-2. The Hall–Kier alpha value is -4.42. The molecule has 0 saturated heterocycles. The Balaban J connectivity index is 1.46. The van der Waals surface area contributed by atoms with Gasteiger partial charge in [-0.25, -0.2) is 9.67 Å². The van der Waals surface area contributed by atoms with E-state index in [-0.39, 0.29) is 6.85 Å². The number of nitrogens with zero attached hydrogens (tertiary/aromatic N) is 4. The van der Waals surface area contributed by atoms with Crippen LogP contribution >= 0.6 is 11.3 Å². The van der Waals surface area contributed by atoms with Crippen molar-refractivity contribution in [2.24, 2.45) is 0 Å². The van der Waals surface area contributed by atoms with Crippen molar-refractivity contribution in [3.05, 3.63) is 115 Å². The molecule has 6 heteroatoms. The van der Waals surface area contributed by atoms with E-state index in [1.807, 2.05) is 34.7 Å². The highest BCUT2D eigenvalue weighted by atomic mass is 32.1. The van der Waals surface area contributed by atoms with Gasteiger partial charge >= 0.3 is 6.85 Å². The van der Waals surface area contributed by atoms with E-state index in [1.54, 1.807) is 11.3 Å². The van der Waals surface area contributed by atoms with Crippen molar-refractivity contribution in [3.8, 4) is 38.5 Å². The van der Waals surface area contributed by atoms with Gasteiger partial charge in [0.15, 0.2) is 0 Å². The van der Waals surface area contributed by atoms with Gasteiger partial charge in [-0.1, -0.05) is 66.7 Å². The molecular formula is C30H19BN4S. The maximum Gasteiger partial charge on any atom is 0.329 e. The van der Waals surface area contributed by atoms with Crippen molar-refractivity contribution in [1.29, 1.82) is 0 Å². The average Bonchev–Trinajstić information content (AvgIpc) is 3.67. The normalized spacial score (nSPS) is 12.9. The summed E-state index contributed by atoms with van der Waals surface area (Å²) in [4.78, 5) is 7.13. The fraction of sp³-hybridized carbons (Fsp3) is 0. The number of thiazole rings is 1. The summed E-state index contributed by atoms with van der Waals surface area (Å²) >= 11 is 1.68. The molecule has 4 heterocycles. The van der Waals surface area contributed by atoms with Gasteiger partial charge in [0, 0.05) is 52.0 Å². The first-order valence-electron chi connectivity index (χ1n) is 12.0. The van der Waals surface area contributed by atoms with Crippen molar-refractivity contribution in [1.82, 2.24) is 14.8 Å². The molecule has 0 spiro atoms. The molecule has 0 aliphatic carbocycles. The molecule has 0 atom stereocenters. The molecule has 0 amide bonds. The smallest absolute Gasteiger partial charge is 0.329 e. The van der Waals surface area contributed by atoms with Crippen molar-refractivity contribution in [2.75, 3.05) is 4.81 Å². The molecular weight excluding hydrogens is 459 g/mol. The molecule has 36 heavy (non-hydrogen) atoms. The Morgan fingerprint density at radius 3 is 2.08 bits per heavy atom. The Morgan fingerprint density at radius 1 is 0.667 bits per heavy atom. The molecule has 4 nitrogen and oxygen atoms in total. The summed E-state index contributed by atoms with van der Waals surface area (Å²) in [6.45, 7) is 0.0804. The average molecular weight is 478 g/mol. The lowest BCUT2D eigenvalue weighted by Gasteiger charge is -2.43. The van der Waals surface area contributed by atoms with Gasteiger partial charge in [-0.3, -0.25) is 0 Å². The minimum atomic E-state index is 0.0804. The summed E-state index contributed by atoms with van der Waals surface area (Å²) in [5.41, 5.74) is 12.3. The second kappa shape index (κ2) is 7.54. The molecule has 0 saturated carbocycles. The van der Waals surface area contributed by atoms with Crippen LogP contribution in [0.25, 0.3) is 38.5 Å². The zero-order valence-electron chi connectivity index (χ0n) is 19.2. The Labute approximate surface area is 213 Å². The number of anilines is 2. The number of aromatic nitrogens is 3. The van der Waals surface area contributed by atoms with Gasteiger partial charge in [0.1, 0.15) is 5.01 Å². The second-order valence-corrected chi connectivity index (χ2v) is 10.1. The van der Waals surface area contributed by atoms with E-state index >= 15 is 0 Å². The molecule has 0 fully saturated rings. The zero-order chi connectivity index (χ0) is 23.6. The van der Waals surface area contributed by atoms with Crippen LogP contribution in [0.1, 0.15) is 0 Å². The van der Waals surface area contributed by atoms with Gasteiger partial charge in [0.25, 0.3) is 0 Å². The van der Waals surface area contributed by atoms with Crippen LogP contribution in [0.15, 0.2) is 115 Å². The van der Waals surface area contributed by atoms with Crippen LogP contribution in [-0.4, -0.2) is 21.6 Å². The zero-order valence-corrected chi connectivity index (χ0v) is 20.1. The highest BCUT2D eigenvalue weighted by Gasteiger charge is 2.42. The van der Waals surface area contributed by atoms with Crippen LogP contribution in [-0.2, 0) is 0 Å². The van der Waals surface area contributed by atoms with E-state index in [0.717, 1.165) is 16.3 Å². The Morgan fingerprint density at radius 2 is 1.39 bits per heavy atom. The van der Waals surface area contributed by atoms with E-state index in [1.165, 1.54) is 44.6 Å². The Bertz CT molecular complexity index is 1630. The molecule has 0 N–H and O–H groups in total. The minimum absolute atomic E-state index is 0.0804. The molecule has 0 radical (unpaired) electrons. The molecule has 4 aromatic carbocycles. The third-order valence-corrected chi connectivity index (χ3v) is 8.12. The summed E-state index contributed by atoms with van der Waals surface area (Å²) in [7, 11) is 0. The first kappa shape index (κ1) is 19.8. The van der Waals surface area contributed by atoms with Crippen LogP contribution < -0.4 is 15.7 Å². The third kappa shape index (κ3) is 2.76. The molecule has 6 aromatic rings. The van der Waals surface area contributed by atoms with Gasteiger partial charge in [0.05, 0.1) is 5.69 Å². The van der Waals surface area contributed by atoms with Gasteiger partial charge in [-0.05, 0) is 46.3 Å². The summed E-state index contributed by atoms with van der Waals surface area (Å²) in [6, 6.07) is 33.1. The summed E-state index contributed by atoms with van der Waals surface area (Å²) in [5, 5.41) is 7.58. The molecule has 2 aliphatic rings. The first-order chi connectivity index (χ1) is 17.9. The first-order valence-corrected chi connectivity index (χ1v) is 12.9. The predicted molar refractivity (Wildman–Crippen MR) is 149 cm³/mol. The maximum absolute atomic E-state index is 4.60. The van der Waals surface area contributed by atoms with Crippen LogP contribution in [0.2, 0.25) is 0 Å². The molecule has 2 aliphatic heterocycles. The topological polar surface area (TPSA) is 34.0 Å². The molecule has 0 bridgehead atoms. The quantitative estimate of drug-likeness (QED) is 0.291. The fourth-order valence-electron chi connectivity index (χ4n) is 5.78. The maximum atomic E-state index is 4.60. The lowest BCUT2D eigenvalue weighted by molar-refractivity contribution is 0.880. The van der Waals surface area contributed by atoms with Crippen molar-refractivity contribution in [3.63, 3.8) is 0 Å². The summed E-state index contributed by atoms with van der Waals surface area (Å²) in [6.07, 6.45) is 5.70. The van der Waals surface area contributed by atoms with E-state index in [2.05, 4.69) is 99.8 Å². The van der Waals surface area contributed by atoms with E-state index in [9.17, 15) is 0 Å². The highest BCUT2D eigenvalue weighted by molar-refractivity contribution is 7.13. The van der Waals surface area contributed by atoms with Gasteiger partial charge < -0.3 is 4.81 Å². The van der Waals surface area contributed by atoms with E-state index in [0.29, 0.717) is 0 Å². The lowest BCUT2D eigenvalue weighted by Crippen LogP contribution is -2.59. The number of benzene rings is 4. The van der Waals surface area contributed by atoms with Crippen LogP contribution in [0.5, 0.6) is 0 Å². The van der Waals surface area contributed by atoms with E-state index in [4.69, 9.17) is 0 Å². The fourth-order valence-corrected chi connectivity index (χ4v) is 6.42. The van der Waals surface area contributed by atoms with E-state index < -0.39 is 0 Å². The molecule has 0 unspecified atom stereocenters. The lowest BCUT2D eigenvalue weighted by atomic mass is 9.43. The number of rotatable bonds is 2. The highest BCUT2D eigenvalue weighted by Crippen LogP contribution is 2.47.